The minimum Gasteiger partial charge on any atom is -0.385 e. The smallest absolute Gasteiger partial charge is 0.199 e. The lowest BCUT2D eigenvalue weighted by atomic mass is 10.5. The fourth-order valence-corrected chi connectivity index (χ4v) is 0.775. The molecule has 5 heteroatoms. The monoisotopic (exact) mass is 226 g/mol. The highest BCUT2D eigenvalue weighted by Crippen LogP contribution is 2.08. The quantitative estimate of drug-likeness (QED) is 0.449. The Hall–Kier alpha value is -0.190. The molecule has 6 N–H and O–H groups in total. The molecule has 0 aliphatic heterocycles. The van der Waals surface area contributed by atoms with Gasteiger partial charge in [0.15, 0.2) is 5.16 Å². The van der Waals surface area contributed by atoms with Crippen LogP contribution in [0.15, 0.2) is 21.5 Å². The maximum absolute atomic E-state index is 5.63. The molecule has 0 aliphatic rings. The maximum Gasteiger partial charge on any atom is 0.199 e. The van der Waals surface area contributed by atoms with Crippen LogP contribution in [-0.4, -0.2) is 7.05 Å². The molecule has 0 aliphatic carbocycles. The van der Waals surface area contributed by atoms with E-state index in [-0.39, 0.29) is 5.82 Å². The lowest BCUT2D eigenvalue weighted by Gasteiger charge is -1.93. The van der Waals surface area contributed by atoms with Crippen LogP contribution in [0.2, 0.25) is 0 Å². The number of halogens is 2. The molecule has 0 saturated heterocycles. The van der Waals surface area contributed by atoms with E-state index >= 15 is 0 Å². The minimum absolute atomic E-state index is 0.222. The molecule has 10 heavy (non-hydrogen) atoms. The molecule has 0 aromatic carbocycles. The van der Waals surface area contributed by atoms with Gasteiger partial charge in [-0.15, -0.1) is 0 Å². The molecule has 0 spiro atoms. The third-order valence-corrected chi connectivity index (χ3v) is 1.83. The zero-order chi connectivity index (χ0) is 8.15. The largest absolute Gasteiger partial charge is 0.385 e. The molecule has 0 bridgehead atoms. The van der Waals surface area contributed by atoms with Crippen molar-refractivity contribution in [3.8, 4) is 0 Å². The molecule has 0 heterocycles. The normalized spacial score (nSPS) is 11.3. The Bertz CT molecular complexity index is 172. The zero-order valence-electron chi connectivity index (χ0n) is 5.57. The molecule has 0 fully saturated rings. The third kappa shape index (κ3) is 3.76. The van der Waals surface area contributed by atoms with Gasteiger partial charge in [0.25, 0.3) is 0 Å². The van der Waals surface area contributed by atoms with Crippen LogP contribution < -0.4 is 16.8 Å². The summed E-state index contributed by atoms with van der Waals surface area (Å²) < 4.78 is 0.607. The van der Waals surface area contributed by atoms with E-state index in [1.54, 1.807) is 11.4 Å². The average Bonchev–Trinajstić information content (AvgIpc) is 1.87. The second-order valence-corrected chi connectivity index (χ2v) is 2.91. The molecule has 0 amide bonds. The van der Waals surface area contributed by atoms with E-state index in [1.807, 2.05) is 7.05 Å². The van der Waals surface area contributed by atoms with Gasteiger partial charge in [0.2, 0.25) is 0 Å². The van der Waals surface area contributed by atoms with Crippen molar-refractivity contribution in [3.05, 3.63) is 21.5 Å². The Labute approximate surface area is 73.2 Å². The minimum atomic E-state index is 0.222. The molecule has 0 aromatic heterocycles. The van der Waals surface area contributed by atoms with Crippen LogP contribution in [-0.2, 0) is 0 Å². The standard InChI is InChI=1S/C5H9BrClN3/c1-10-4(7)2-3(6)5(8)9/h2,10H,8-9H2,1H3/p+1/b4-2-. The van der Waals surface area contributed by atoms with Crippen molar-refractivity contribution in [2.24, 2.45) is 11.5 Å². The van der Waals surface area contributed by atoms with Crippen molar-refractivity contribution < 1.29 is 5.32 Å². The van der Waals surface area contributed by atoms with Gasteiger partial charge < -0.3 is 16.8 Å². The predicted octanol–water partition coefficient (Wildman–Crippen LogP) is -0.259. The fourth-order valence-electron chi connectivity index (χ4n) is 0.288. The zero-order valence-corrected chi connectivity index (χ0v) is 7.91. The highest BCUT2D eigenvalue weighted by molar-refractivity contribution is 9.11. The van der Waals surface area contributed by atoms with Crippen molar-refractivity contribution in [3.63, 3.8) is 0 Å². The van der Waals surface area contributed by atoms with Crippen LogP contribution in [0.1, 0.15) is 0 Å². The van der Waals surface area contributed by atoms with Crippen LogP contribution in [0, 0.1) is 0 Å². The molecule has 0 atom stereocenters. The van der Waals surface area contributed by atoms with E-state index in [1.165, 1.54) is 0 Å². The summed E-state index contributed by atoms with van der Waals surface area (Å²) in [6.45, 7) is 0. The highest BCUT2D eigenvalue weighted by atomic mass is 79.9. The van der Waals surface area contributed by atoms with Crippen LogP contribution in [0.4, 0.5) is 0 Å². The molecule has 0 unspecified atom stereocenters. The second kappa shape index (κ2) is 4.60. The van der Waals surface area contributed by atoms with Gasteiger partial charge >= 0.3 is 0 Å². The first-order valence-electron chi connectivity index (χ1n) is 2.65. The van der Waals surface area contributed by atoms with E-state index < -0.39 is 0 Å². The Morgan fingerprint density at radius 3 is 2.40 bits per heavy atom. The van der Waals surface area contributed by atoms with Crippen molar-refractivity contribution in [2.45, 2.75) is 0 Å². The van der Waals surface area contributed by atoms with Crippen molar-refractivity contribution in [2.75, 3.05) is 7.05 Å². The maximum atomic E-state index is 5.63. The van der Waals surface area contributed by atoms with Crippen LogP contribution in [0.25, 0.3) is 0 Å². The summed E-state index contributed by atoms with van der Waals surface area (Å²) in [5, 5.41) is 2.34. The number of nitrogens with two attached hydrogens (primary N) is 3. The van der Waals surface area contributed by atoms with Gasteiger partial charge in [-0.25, -0.2) is 0 Å². The molecule has 0 radical (unpaired) electrons. The van der Waals surface area contributed by atoms with Gasteiger partial charge in [-0.05, 0) is 27.5 Å². The summed E-state index contributed by atoms with van der Waals surface area (Å²) in [6.07, 6.45) is 1.64. The predicted molar refractivity (Wildman–Crippen MR) is 46.1 cm³/mol. The van der Waals surface area contributed by atoms with Gasteiger partial charge in [-0.2, -0.15) is 0 Å². The van der Waals surface area contributed by atoms with Gasteiger partial charge in [0.1, 0.15) is 5.82 Å². The van der Waals surface area contributed by atoms with Crippen molar-refractivity contribution in [1.29, 1.82) is 0 Å². The van der Waals surface area contributed by atoms with E-state index in [2.05, 4.69) is 15.9 Å². The van der Waals surface area contributed by atoms with Crippen LogP contribution >= 0.6 is 27.5 Å². The lowest BCUT2D eigenvalue weighted by Crippen LogP contribution is -2.75. The highest BCUT2D eigenvalue weighted by Gasteiger charge is 1.95. The Morgan fingerprint density at radius 2 is 2.10 bits per heavy atom. The van der Waals surface area contributed by atoms with E-state index in [9.17, 15) is 0 Å². The topological polar surface area (TPSA) is 68.6 Å². The molecule has 0 aromatic rings. The summed E-state index contributed by atoms with van der Waals surface area (Å²) in [7, 11) is 1.83. The Kier molecular flexibility index (Phi) is 4.51. The number of hydrogen-bond donors (Lipinski definition) is 3. The van der Waals surface area contributed by atoms with E-state index in [0.29, 0.717) is 9.64 Å². The summed E-state index contributed by atoms with van der Waals surface area (Å²) in [6, 6.07) is 0. The summed E-state index contributed by atoms with van der Waals surface area (Å²) in [4.78, 5) is 0. The molecular weight excluding hydrogens is 217 g/mol. The number of hydrogen-bond acceptors (Lipinski definition) is 2. The van der Waals surface area contributed by atoms with Crippen molar-refractivity contribution in [1.82, 2.24) is 0 Å². The number of quaternary nitrogens is 1. The lowest BCUT2D eigenvalue weighted by molar-refractivity contribution is -0.565. The van der Waals surface area contributed by atoms with Gasteiger partial charge in [-0.1, -0.05) is 0 Å². The first kappa shape index (κ1) is 9.81. The molecule has 3 nitrogen and oxygen atoms in total. The SMILES string of the molecule is C[NH2+]/C(Cl)=C\C(Br)=C(N)N. The number of allylic oxidation sites excluding steroid dienone is 2. The van der Waals surface area contributed by atoms with E-state index in [4.69, 9.17) is 23.1 Å². The first-order chi connectivity index (χ1) is 4.57. The first-order valence-corrected chi connectivity index (χ1v) is 3.82. The molecule has 0 saturated carbocycles. The Morgan fingerprint density at radius 1 is 1.60 bits per heavy atom. The second-order valence-electron chi connectivity index (χ2n) is 1.62. The summed E-state index contributed by atoms with van der Waals surface area (Å²) >= 11 is 8.77. The van der Waals surface area contributed by atoms with Crippen molar-refractivity contribution >= 4 is 27.5 Å². The Balaban J connectivity index is 4.27. The third-order valence-electron chi connectivity index (χ3n) is 0.816. The molecule has 58 valence electrons. The van der Waals surface area contributed by atoms with Crippen LogP contribution in [0.5, 0.6) is 0 Å². The average molecular weight is 228 g/mol. The summed E-state index contributed by atoms with van der Waals surface area (Å²) in [5.41, 5.74) is 10.5. The fraction of sp³-hybridized carbons (Fsp3) is 0.200. The molecular formula is C5H10BrClN3+. The van der Waals surface area contributed by atoms with E-state index in [0.717, 1.165) is 0 Å². The number of rotatable bonds is 2. The molecule has 0 rings (SSSR count). The van der Waals surface area contributed by atoms with Gasteiger partial charge in [0, 0.05) is 6.08 Å². The summed E-state index contributed by atoms with van der Waals surface area (Å²) in [5.74, 6) is 0.222. The van der Waals surface area contributed by atoms with Crippen LogP contribution in [0.3, 0.4) is 0 Å². The van der Waals surface area contributed by atoms with Gasteiger partial charge in [0.05, 0.1) is 11.5 Å². The van der Waals surface area contributed by atoms with Gasteiger partial charge in [-0.3, -0.25) is 0 Å².